The van der Waals surface area contributed by atoms with Crippen molar-refractivity contribution in [2.45, 2.75) is 36.3 Å². The van der Waals surface area contributed by atoms with Gasteiger partial charge in [0, 0.05) is 18.2 Å². The average Bonchev–Trinajstić information content (AvgIpc) is 2.87. The maximum Gasteiger partial charge on any atom is 0.276 e. The second kappa shape index (κ2) is 5.46. The Morgan fingerprint density at radius 3 is 2.95 bits per heavy atom. The zero-order valence-electron chi connectivity index (χ0n) is 11.5. The summed E-state index contributed by atoms with van der Waals surface area (Å²) in [7, 11) is 1.68. The fourth-order valence-corrected chi connectivity index (χ4v) is 3.56. The molecule has 0 fully saturated rings. The molecule has 5 nitrogen and oxygen atoms in total. The van der Waals surface area contributed by atoms with Crippen molar-refractivity contribution in [2.75, 3.05) is 7.11 Å². The monoisotopic (exact) mass is 291 g/mol. The Balaban J connectivity index is 1.80. The van der Waals surface area contributed by atoms with Gasteiger partial charge in [-0.3, -0.25) is 0 Å². The highest BCUT2D eigenvalue weighted by Gasteiger charge is 2.29. The number of aryl methyl sites for hydroxylation is 2. The van der Waals surface area contributed by atoms with Crippen LogP contribution in [0.4, 0.5) is 0 Å². The molecule has 1 heterocycles. The summed E-state index contributed by atoms with van der Waals surface area (Å²) in [6.45, 7) is 1.79. The van der Waals surface area contributed by atoms with Crippen LogP contribution in [0, 0.1) is 6.92 Å². The molecule has 1 aromatic carbocycles. The fourth-order valence-electron chi connectivity index (χ4n) is 2.52. The number of hydrogen-bond donors (Lipinski definition) is 1. The predicted molar refractivity (Wildman–Crippen MR) is 76.9 cm³/mol. The summed E-state index contributed by atoms with van der Waals surface area (Å²) in [4.78, 5) is 0. The van der Waals surface area contributed by atoms with Crippen molar-refractivity contribution in [2.24, 2.45) is 5.73 Å². The second-order valence-electron chi connectivity index (χ2n) is 4.87. The highest BCUT2D eigenvalue weighted by Crippen LogP contribution is 2.39. The van der Waals surface area contributed by atoms with Crippen LogP contribution in [0.2, 0.25) is 0 Å². The first-order chi connectivity index (χ1) is 9.67. The van der Waals surface area contributed by atoms with E-state index in [0.717, 1.165) is 18.6 Å². The average molecular weight is 291 g/mol. The number of ether oxygens (including phenoxy) is 1. The van der Waals surface area contributed by atoms with E-state index in [1.54, 1.807) is 25.8 Å². The molecule has 0 radical (unpaired) electrons. The fraction of sp³-hybridized carbons (Fsp3) is 0.429. The van der Waals surface area contributed by atoms with Crippen LogP contribution in [0.3, 0.4) is 0 Å². The molecule has 1 aromatic heterocycles. The zero-order chi connectivity index (χ0) is 14.1. The number of nitrogens with zero attached hydrogens (tertiary/aromatic N) is 2. The maximum absolute atomic E-state index is 6.39. The minimum atomic E-state index is -0.0261. The van der Waals surface area contributed by atoms with Crippen LogP contribution < -0.4 is 10.5 Å². The van der Waals surface area contributed by atoms with Crippen LogP contribution in [-0.2, 0) is 6.42 Å². The lowest BCUT2D eigenvalue weighted by molar-refractivity contribution is 0.412. The van der Waals surface area contributed by atoms with E-state index >= 15 is 0 Å². The first kappa shape index (κ1) is 13.5. The molecule has 0 spiro atoms. The van der Waals surface area contributed by atoms with Gasteiger partial charge in [0.15, 0.2) is 0 Å². The number of aromatic nitrogens is 2. The van der Waals surface area contributed by atoms with Crippen molar-refractivity contribution in [3.8, 4) is 5.75 Å². The summed E-state index contributed by atoms with van der Waals surface area (Å²) in [5, 5.41) is 8.73. The number of benzene rings is 1. The summed E-state index contributed by atoms with van der Waals surface area (Å²) >= 11 is 1.57. The van der Waals surface area contributed by atoms with E-state index in [1.807, 2.05) is 6.07 Å². The van der Waals surface area contributed by atoms with Gasteiger partial charge < -0.3 is 14.9 Å². The van der Waals surface area contributed by atoms with E-state index in [1.165, 1.54) is 11.1 Å². The van der Waals surface area contributed by atoms with Gasteiger partial charge in [-0.25, -0.2) is 0 Å². The zero-order valence-corrected chi connectivity index (χ0v) is 12.3. The van der Waals surface area contributed by atoms with Crippen LogP contribution in [0.1, 0.15) is 29.5 Å². The van der Waals surface area contributed by atoms with E-state index in [9.17, 15) is 0 Å². The van der Waals surface area contributed by atoms with Gasteiger partial charge >= 0.3 is 0 Å². The molecule has 106 valence electrons. The molecule has 6 heteroatoms. The Labute approximate surface area is 121 Å². The van der Waals surface area contributed by atoms with Gasteiger partial charge in [-0.1, -0.05) is 17.8 Å². The quantitative estimate of drug-likeness (QED) is 0.936. The molecule has 0 saturated heterocycles. The molecular formula is C14H17N3O2S. The summed E-state index contributed by atoms with van der Waals surface area (Å²) < 4.78 is 10.7. The third kappa shape index (κ3) is 2.53. The normalized spacial score (nSPS) is 21.6. The van der Waals surface area contributed by atoms with E-state index in [0.29, 0.717) is 11.1 Å². The Morgan fingerprint density at radius 2 is 2.25 bits per heavy atom. The number of thioether (sulfide) groups is 1. The van der Waals surface area contributed by atoms with Crippen molar-refractivity contribution in [3.63, 3.8) is 0 Å². The maximum atomic E-state index is 6.39. The van der Waals surface area contributed by atoms with Crippen LogP contribution in [0.25, 0.3) is 0 Å². The second-order valence-corrected chi connectivity index (χ2v) is 6.06. The van der Waals surface area contributed by atoms with Gasteiger partial charge in [-0.05, 0) is 36.1 Å². The van der Waals surface area contributed by atoms with Crippen molar-refractivity contribution in [3.05, 3.63) is 35.2 Å². The highest BCUT2D eigenvalue weighted by molar-refractivity contribution is 7.99. The topological polar surface area (TPSA) is 74.2 Å². The first-order valence-corrected chi connectivity index (χ1v) is 7.44. The molecule has 1 aliphatic carbocycles. The molecule has 1 aliphatic rings. The van der Waals surface area contributed by atoms with Gasteiger partial charge in [0.2, 0.25) is 5.89 Å². The van der Waals surface area contributed by atoms with Crippen LogP contribution in [-0.4, -0.2) is 22.6 Å². The minimum absolute atomic E-state index is 0.0261. The minimum Gasteiger partial charge on any atom is -0.497 e. The molecule has 2 aromatic rings. The van der Waals surface area contributed by atoms with Gasteiger partial charge in [-0.2, -0.15) is 0 Å². The Morgan fingerprint density at radius 1 is 1.40 bits per heavy atom. The molecule has 3 rings (SSSR count). The summed E-state index contributed by atoms with van der Waals surface area (Å²) in [5.41, 5.74) is 8.84. The first-order valence-electron chi connectivity index (χ1n) is 6.56. The van der Waals surface area contributed by atoms with E-state index in [4.69, 9.17) is 14.9 Å². The highest BCUT2D eigenvalue weighted by atomic mass is 32.2. The van der Waals surface area contributed by atoms with E-state index in [-0.39, 0.29) is 11.3 Å². The smallest absolute Gasteiger partial charge is 0.276 e. The van der Waals surface area contributed by atoms with Gasteiger partial charge in [0.1, 0.15) is 5.75 Å². The molecule has 2 unspecified atom stereocenters. The molecule has 0 aliphatic heterocycles. The van der Waals surface area contributed by atoms with Crippen molar-refractivity contribution >= 4 is 11.8 Å². The number of rotatable bonds is 3. The Bertz CT molecular complexity index is 614. The molecule has 20 heavy (non-hydrogen) atoms. The van der Waals surface area contributed by atoms with Crippen molar-refractivity contribution in [1.82, 2.24) is 10.2 Å². The lowest BCUT2D eigenvalue weighted by atomic mass is 9.87. The van der Waals surface area contributed by atoms with Crippen LogP contribution >= 0.6 is 11.8 Å². The predicted octanol–water partition coefficient (Wildman–Crippen LogP) is 2.49. The molecule has 0 saturated carbocycles. The van der Waals surface area contributed by atoms with Gasteiger partial charge in [0.25, 0.3) is 5.22 Å². The Hall–Kier alpha value is -1.53. The van der Waals surface area contributed by atoms with Crippen LogP contribution in [0.15, 0.2) is 27.8 Å². The molecule has 0 bridgehead atoms. The Kier molecular flexibility index (Phi) is 3.67. The molecule has 0 amide bonds. The lowest BCUT2D eigenvalue weighted by Gasteiger charge is -2.29. The lowest BCUT2D eigenvalue weighted by Crippen LogP contribution is -2.29. The summed E-state index contributed by atoms with van der Waals surface area (Å²) in [6, 6.07) is 6.07. The standard InChI is InChI=1S/C14H17N3O2S/c1-8-16-17-14(19-8)20-12-6-3-9-7-10(18-2)4-5-11(9)13(12)15/h4-5,7,12-13H,3,6,15H2,1-2H3. The molecule has 2 N–H and O–H groups in total. The number of hydrogen-bond acceptors (Lipinski definition) is 6. The number of fused-ring (bicyclic) bond motifs is 1. The van der Waals surface area contributed by atoms with Crippen molar-refractivity contribution < 1.29 is 9.15 Å². The number of methoxy groups -OCH3 is 1. The largest absolute Gasteiger partial charge is 0.497 e. The van der Waals surface area contributed by atoms with Crippen LogP contribution in [0.5, 0.6) is 5.75 Å². The van der Waals surface area contributed by atoms with Crippen molar-refractivity contribution in [1.29, 1.82) is 0 Å². The third-order valence-electron chi connectivity index (χ3n) is 3.57. The SMILES string of the molecule is COc1ccc2c(c1)CCC(Sc1nnc(C)o1)C2N. The summed E-state index contributed by atoms with van der Waals surface area (Å²) in [5.74, 6) is 1.47. The molecule has 2 atom stereocenters. The van der Waals surface area contributed by atoms with Gasteiger partial charge in [-0.15, -0.1) is 10.2 Å². The third-order valence-corrected chi connectivity index (χ3v) is 4.77. The summed E-state index contributed by atoms with van der Waals surface area (Å²) in [6.07, 6.45) is 1.98. The van der Waals surface area contributed by atoms with Gasteiger partial charge in [0.05, 0.1) is 7.11 Å². The molecular weight excluding hydrogens is 274 g/mol. The van der Waals surface area contributed by atoms with E-state index in [2.05, 4.69) is 22.3 Å². The van der Waals surface area contributed by atoms with E-state index < -0.39 is 0 Å². The number of nitrogens with two attached hydrogens (primary N) is 1.